The molecule has 0 radical (unpaired) electrons. The van der Waals surface area contributed by atoms with Gasteiger partial charge in [-0.2, -0.15) is 0 Å². The van der Waals surface area contributed by atoms with Crippen molar-refractivity contribution in [2.75, 3.05) is 18.0 Å². The molecule has 156 valence electrons. The first-order valence-electron chi connectivity index (χ1n) is 10.5. The van der Waals surface area contributed by atoms with E-state index in [1.54, 1.807) is 0 Å². The Labute approximate surface area is 177 Å². The molecule has 1 aliphatic rings. The monoisotopic (exact) mass is 404 g/mol. The fourth-order valence-electron chi connectivity index (χ4n) is 3.65. The molecule has 1 atom stereocenters. The van der Waals surface area contributed by atoms with Crippen molar-refractivity contribution in [2.24, 2.45) is 0 Å². The predicted molar refractivity (Wildman–Crippen MR) is 117 cm³/mol. The van der Waals surface area contributed by atoms with E-state index in [2.05, 4.69) is 41.2 Å². The minimum atomic E-state index is -0.509. The number of carbonyl (C=O) groups excluding carboxylic acids is 1. The largest absolute Gasteiger partial charge is 0.405 e. The van der Waals surface area contributed by atoms with Crippen LogP contribution in [0, 0.1) is 0 Å². The number of carbonyl (C=O) groups is 1. The van der Waals surface area contributed by atoms with Gasteiger partial charge in [0.25, 0.3) is 5.91 Å². The lowest BCUT2D eigenvalue weighted by Crippen LogP contribution is -2.29. The minimum absolute atomic E-state index is 0.0390. The number of rotatable bonds is 5. The van der Waals surface area contributed by atoms with Gasteiger partial charge < -0.3 is 14.6 Å². The Morgan fingerprint density at radius 3 is 2.30 bits per heavy atom. The van der Waals surface area contributed by atoms with Crippen molar-refractivity contribution < 1.29 is 9.21 Å². The van der Waals surface area contributed by atoms with E-state index in [4.69, 9.17) is 4.42 Å². The zero-order chi connectivity index (χ0) is 21.1. The number of anilines is 1. The summed E-state index contributed by atoms with van der Waals surface area (Å²) in [7, 11) is 0. The first-order chi connectivity index (χ1) is 14.4. The standard InChI is InChI=1S/C24H28N4O2/c1-24(2,3)19-13-11-18(12-14-19)21(29)25-20(17-9-5-4-6-10-17)22-26-27-23(30-22)28-15-7-8-16-28/h4-6,9-14,20H,7-8,15-16H2,1-3H3,(H,25,29)/t20-/m0/s1. The summed E-state index contributed by atoms with van der Waals surface area (Å²) >= 11 is 0. The zero-order valence-electron chi connectivity index (χ0n) is 17.8. The minimum Gasteiger partial charge on any atom is -0.405 e. The van der Waals surface area contributed by atoms with Crippen LogP contribution in [-0.4, -0.2) is 29.2 Å². The summed E-state index contributed by atoms with van der Waals surface area (Å²) in [6, 6.07) is 17.5. The third kappa shape index (κ3) is 4.37. The van der Waals surface area contributed by atoms with Crippen molar-refractivity contribution in [1.29, 1.82) is 0 Å². The van der Waals surface area contributed by atoms with Gasteiger partial charge in [0, 0.05) is 18.7 Å². The SMILES string of the molecule is CC(C)(C)c1ccc(C(=O)N[C@@H](c2ccccc2)c2nnc(N3CCCC3)o2)cc1. The van der Waals surface area contributed by atoms with Gasteiger partial charge in [0.05, 0.1) is 0 Å². The molecule has 3 aromatic rings. The molecule has 1 aromatic heterocycles. The van der Waals surface area contributed by atoms with Gasteiger partial charge in [-0.25, -0.2) is 0 Å². The van der Waals surface area contributed by atoms with Crippen molar-refractivity contribution in [1.82, 2.24) is 15.5 Å². The number of nitrogens with zero attached hydrogens (tertiary/aromatic N) is 3. The van der Waals surface area contributed by atoms with E-state index in [1.165, 1.54) is 5.56 Å². The lowest BCUT2D eigenvalue weighted by Gasteiger charge is -2.20. The summed E-state index contributed by atoms with van der Waals surface area (Å²) in [4.78, 5) is 15.1. The van der Waals surface area contributed by atoms with Crippen molar-refractivity contribution >= 4 is 11.9 Å². The second-order valence-electron chi connectivity index (χ2n) is 8.76. The summed E-state index contributed by atoms with van der Waals surface area (Å²) in [6.07, 6.45) is 2.25. The van der Waals surface area contributed by atoms with Crippen molar-refractivity contribution in [3.63, 3.8) is 0 Å². The Morgan fingerprint density at radius 1 is 1.00 bits per heavy atom. The van der Waals surface area contributed by atoms with Crippen LogP contribution in [0.2, 0.25) is 0 Å². The van der Waals surface area contributed by atoms with E-state index in [0.29, 0.717) is 17.5 Å². The number of nitrogens with one attached hydrogen (secondary N) is 1. The van der Waals surface area contributed by atoms with E-state index >= 15 is 0 Å². The molecule has 0 bridgehead atoms. The molecule has 1 N–H and O–H groups in total. The van der Waals surface area contributed by atoms with Gasteiger partial charge in [0.2, 0.25) is 5.89 Å². The van der Waals surface area contributed by atoms with Crippen molar-refractivity contribution in [3.05, 3.63) is 77.2 Å². The Hall–Kier alpha value is -3.15. The maximum atomic E-state index is 13.0. The van der Waals surface area contributed by atoms with Crippen LogP contribution >= 0.6 is 0 Å². The van der Waals surface area contributed by atoms with Gasteiger partial charge in [-0.15, -0.1) is 5.10 Å². The summed E-state index contributed by atoms with van der Waals surface area (Å²) in [5.74, 6) is 0.216. The van der Waals surface area contributed by atoms with E-state index in [9.17, 15) is 4.79 Å². The second kappa shape index (κ2) is 8.30. The van der Waals surface area contributed by atoms with Crippen LogP contribution in [0.4, 0.5) is 6.01 Å². The third-order valence-electron chi connectivity index (χ3n) is 5.47. The third-order valence-corrected chi connectivity index (χ3v) is 5.47. The van der Waals surface area contributed by atoms with Crippen LogP contribution in [0.15, 0.2) is 59.0 Å². The molecule has 4 rings (SSSR count). The summed E-state index contributed by atoms with van der Waals surface area (Å²) in [5.41, 5.74) is 2.72. The maximum absolute atomic E-state index is 13.0. The highest BCUT2D eigenvalue weighted by Crippen LogP contribution is 2.26. The van der Waals surface area contributed by atoms with Gasteiger partial charge in [-0.05, 0) is 41.5 Å². The van der Waals surface area contributed by atoms with Crippen molar-refractivity contribution in [2.45, 2.75) is 45.1 Å². The van der Waals surface area contributed by atoms with Gasteiger partial charge in [0.1, 0.15) is 6.04 Å². The molecule has 0 spiro atoms. The molecule has 1 amide bonds. The van der Waals surface area contributed by atoms with Crippen LogP contribution < -0.4 is 10.2 Å². The van der Waals surface area contributed by atoms with Crippen LogP contribution in [0.1, 0.15) is 67.0 Å². The fourth-order valence-corrected chi connectivity index (χ4v) is 3.65. The van der Waals surface area contributed by atoms with E-state index in [0.717, 1.165) is 31.5 Å². The topological polar surface area (TPSA) is 71.3 Å². The molecule has 1 saturated heterocycles. The summed E-state index contributed by atoms with van der Waals surface area (Å²) < 4.78 is 5.97. The molecule has 0 aliphatic carbocycles. The highest BCUT2D eigenvalue weighted by atomic mass is 16.4. The quantitative estimate of drug-likeness (QED) is 0.679. The summed E-state index contributed by atoms with van der Waals surface area (Å²) in [5, 5.41) is 11.6. The maximum Gasteiger partial charge on any atom is 0.318 e. The van der Waals surface area contributed by atoms with E-state index in [-0.39, 0.29) is 11.3 Å². The lowest BCUT2D eigenvalue weighted by atomic mass is 9.86. The molecule has 0 saturated carbocycles. The predicted octanol–water partition coefficient (Wildman–Crippen LogP) is 4.49. The Morgan fingerprint density at radius 2 is 1.67 bits per heavy atom. The highest BCUT2D eigenvalue weighted by molar-refractivity contribution is 5.94. The number of aromatic nitrogens is 2. The molecule has 2 aromatic carbocycles. The molecule has 0 unspecified atom stereocenters. The van der Waals surface area contributed by atoms with Gasteiger partial charge in [-0.1, -0.05) is 68.3 Å². The zero-order valence-corrected chi connectivity index (χ0v) is 17.8. The average Bonchev–Trinajstić information content (AvgIpc) is 3.44. The Balaban J connectivity index is 1.58. The first-order valence-corrected chi connectivity index (χ1v) is 10.5. The smallest absolute Gasteiger partial charge is 0.318 e. The lowest BCUT2D eigenvalue weighted by molar-refractivity contribution is 0.0938. The molecule has 1 fully saturated rings. The number of benzene rings is 2. The molecule has 1 aliphatic heterocycles. The second-order valence-corrected chi connectivity index (χ2v) is 8.76. The molecule has 6 heteroatoms. The highest BCUT2D eigenvalue weighted by Gasteiger charge is 2.26. The molecular weight excluding hydrogens is 376 g/mol. The molecule has 2 heterocycles. The first kappa shape index (κ1) is 20.1. The molecule has 30 heavy (non-hydrogen) atoms. The Bertz CT molecular complexity index is 984. The number of hydrogen-bond acceptors (Lipinski definition) is 5. The van der Waals surface area contributed by atoms with Gasteiger partial charge in [0.15, 0.2) is 0 Å². The van der Waals surface area contributed by atoms with Gasteiger partial charge >= 0.3 is 6.01 Å². The Kier molecular flexibility index (Phi) is 5.57. The van der Waals surface area contributed by atoms with E-state index in [1.807, 2.05) is 54.6 Å². The average molecular weight is 405 g/mol. The van der Waals surface area contributed by atoms with Crippen LogP contribution in [-0.2, 0) is 5.41 Å². The van der Waals surface area contributed by atoms with Gasteiger partial charge in [-0.3, -0.25) is 4.79 Å². The van der Waals surface area contributed by atoms with Crippen LogP contribution in [0.25, 0.3) is 0 Å². The summed E-state index contributed by atoms with van der Waals surface area (Å²) in [6.45, 7) is 8.30. The van der Waals surface area contributed by atoms with Crippen molar-refractivity contribution in [3.8, 4) is 0 Å². The van der Waals surface area contributed by atoms with E-state index < -0.39 is 6.04 Å². The van der Waals surface area contributed by atoms with Crippen LogP contribution in [0.3, 0.4) is 0 Å². The molecular formula is C24H28N4O2. The number of amides is 1. The number of hydrogen-bond donors (Lipinski definition) is 1. The molecule has 6 nitrogen and oxygen atoms in total. The fraction of sp³-hybridized carbons (Fsp3) is 0.375. The van der Waals surface area contributed by atoms with Crippen LogP contribution in [0.5, 0.6) is 0 Å². The normalized spacial score (nSPS) is 15.2.